The van der Waals surface area contributed by atoms with E-state index in [4.69, 9.17) is 9.84 Å². The largest absolute Gasteiger partial charge is 0.480 e. The molecule has 150 valence electrons. The van der Waals surface area contributed by atoms with E-state index in [9.17, 15) is 9.59 Å². The van der Waals surface area contributed by atoms with Crippen LogP contribution in [0, 0.1) is 0 Å². The van der Waals surface area contributed by atoms with Crippen LogP contribution >= 0.6 is 0 Å². The topological polar surface area (TPSA) is 86.2 Å². The Morgan fingerprint density at radius 1 is 1.37 bits per heavy atom. The SMILES string of the molecule is CCCN(CC)c1ccc(C(=O)N2CCOC(CN(C)CC(=O)O)C2)cn1. The van der Waals surface area contributed by atoms with Crippen LogP contribution in [0.25, 0.3) is 0 Å². The van der Waals surface area contributed by atoms with Gasteiger partial charge in [-0.05, 0) is 32.5 Å². The van der Waals surface area contributed by atoms with E-state index in [-0.39, 0.29) is 18.6 Å². The Hall–Kier alpha value is -2.19. The molecule has 0 bridgehead atoms. The summed E-state index contributed by atoms with van der Waals surface area (Å²) in [5, 5.41) is 8.86. The van der Waals surface area contributed by atoms with Crippen molar-refractivity contribution < 1.29 is 19.4 Å². The molecule has 1 aromatic rings. The average molecular weight is 378 g/mol. The molecule has 1 aromatic heterocycles. The molecule has 0 radical (unpaired) electrons. The predicted octanol–water partition coefficient (Wildman–Crippen LogP) is 1.18. The second kappa shape index (κ2) is 10.2. The minimum absolute atomic E-state index is 0.0507. The second-order valence-electron chi connectivity index (χ2n) is 6.82. The third-order valence-corrected chi connectivity index (χ3v) is 4.54. The lowest BCUT2D eigenvalue weighted by atomic mass is 10.2. The highest BCUT2D eigenvalue weighted by Crippen LogP contribution is 2.15. The highest BCUT2D eigenvalue weighted by atomic mass is 16.5. The lowest BCUT2D eigenvalue weighted by molar-refractivity contribution is -0.138. The Balaban J connectivity index is 1.96. The summed E-state index contributed by atoms with van der Waals surface area (Å²) in [4.78, 5) is 33.7. The number of morpholine rings is 1. The first kappa shape index (κ1) is 21.1. The molecule has 1 atom stereocenters. The number of hydrogen-bond acceptors (Lipinski definition) is 6. The van der Waals surface area contributed by atoms with Crippen molar-refractivity contribution in [3.8, 4) is 0 Å². The molecule has 1 fully saturated rings. The van der Waals surface area contributed by atoms with Crippen LogP contribution in [0.5, 0.6) is 0 Å². The van der Waals surface area contributed by atoms with Crippen molar-refractivity contribution in [1.29, 1.82) is 0 Å². The van der Waals surface area contributed by atoms with Crippen LogP contribution in [0.1, 0.15) is 30.6 Å². The zero-order valence-corrected chi connectivity index (χ0v) is 16.4. The number of pyridine rings is 1. The van der Waals surface area contributed by atoms with Gasteiger partial charge in [-0.25, -0.2) is 4.98 Å². The minimum Gasteiger partial charge on any atom is -0.480 e. The van der Waals surface area contributed by atoms with Gasteiger partial charge in [0.05, 0.1) is 24.8 Å². The van der Waals surface area contributed by atoms with Crippen molar-refractivity contribution in [3.05, 3.63) is 23.9 Å². The minimum atomic E-state index is -0.878. The standard InChI is InChI=1S/C19H30N4O4/c1-4-8-22(5-2)17-7-6-15(11-20-17)19(26)23-9-10-27-16(13-23)12-21(3)14-18(24)25/h6-7,11,16H,4-5,8-10,12-14H2,1-3H3,(H,24,25). The van der Waals surface area contributed by atoms with Gasteiger partial charge in [-0.3, -0.25) is 14.5 Å². The van der Waals surface area contributed by atoms with Crippen molar-refractivity contribution in [1.82, 2.24) is 14.8 Å². The number of rotatable bonds is 9. The number of amides is 1. The fourth-order valence-corrected chi connectivity index (χ4v) is 3.24. The van der Waals surface area contributed by atoms with E-state index in [0.29, 0.717) is 31.8 Å². The molecule has 1 aliphatic heterocycles. The molecule has 1 saturated heterocycles. The van der Waals surface area contributed by atoms with E-state index in [1.165, 1.54) is 0 Å². The van der Waals surface area contributed by atoms with Crippen LogP contribution in [0.15, 0.2) is 18.3 Å². The van der Waals surface area contributed by atoms with Crippen LogP contribution in [0.2, 0.25) is 0 Å². The van der Waals surface area contributed by atoms with Crippen LogP contribution in [0.3, 0.4) is 0 Å². The summed E-state index contributed by atoms with van der Waals surface area (Å²) in [5.41, 5.74) is 0.561. The number of carboxylic acids is 1. The molecule has 1 unspecified atom stereocenters. The first-order valence-corrected chi connectivity index (χ1v) is 9.46. The Kier molecular flexibility index (Phi) is 7.99. The molecule has 1 N–H and O–H groups in total. The maximum absolute atomic E-state index is 12.8. The van der Waals surface area contributed by atoms with E-state index in [1.807, 2.05) is 12.1 Å². The van der Waals surface area contributed by atoms with Crippen LogP contribution in [-0.2, 0) is 9.53 Å². The Bertz CT molecular complexity index is 623. The van der Waals surface area contributed by atoms with E-state index in [1.54, 1.807) is 23.0 Å². The number of aliphatic carboxylic acids is 1. The monoisotopic (exact) mass is 378 g/mol. The third kappa shape index (κ3) is 6.18. The molecule has 1 aliphatic rings. The van der Waals surface area contributed by atoms with Gasteiger partial charge in [-0.1, -0.05) is 6.92 Å². The maximum atomic E-state index is 12.8. The molecular weight excluding hydrogens is 348 g/mol. The van der Waals surface area contributed by atoms with Crippen LogP contribution in [-0.4, -0.2) is 90.8 Å². The number of carboxylic acid groups (broad SMARTS) is 1. The van der Waals surface area contributed by atoms with E-state index in [0.717, 1.165) is 25.3 Å². The van der Waals surface area contributed by atoms with Crippen LogP contribution in [0.4, 0.5) is 5.82 Å². The summed E-state index contributed by atoms with van der Waals surface area (Å²) >= 11 is 0. The average Bonchev–Trinajstić information content (AvgIpc) is 2.65. The van der Waals surface area contributed by atoms with Crippen molar-refractivity contribution in [2.75, 3.05) is 57.8 Å². The molecule has 8 heteroatoms. The molecule has 1 amide bonds. The highest BCUT2D eigenvalue weighted by Gasteiger charge is 2.26. The molecule has 0 saturated carbocycles. The van der Waals surface area contributed by atoms with Crippen molar-refractivity contribution in [2.24, 2.45) is 0 Å². The van der Waals surface area contributed by atoms with E-state index < -0.39 is 5.97 Å². The Morgan fingerprint density at radius 3 is 2.74 bits per heavy atom. The van der Waals surface area contributed by atoms with E-state index in [2.05, 4.69) is 23.7 Å². The van der Waals surface area contributed by atoms with Gasteiger partial charge in [0.25, 0.3) is 5.91 Å². The number of carbonyl (C=O) groups excluding carboxylic acids is 1. The summed E-state index contributed by atoms with van der Waals surface area (Å²) in [6.45, 7) is 7.87. The predicted molar refractivity (Wildman–Crippen MR) is 103 cm³/mol. The highest BCUT2D eigenvalue weighted by molar-refractivity contribution is 5.94. The number of anilines is 1. The van der Waals surface area contributed by atoms with E-state index >= 15 is 0 Å². The zero-order valence-electron chi connectivity index (χ0n) is 16.4. The molecule has 0 spiro atoms. The summed E-state index contributed by atoms with van der Waals surface area (Å²) in [6.07, 6.45) is 2.48. The number of hydrogen-bond donors (Lipinski definition) is 1. The van der Waals surface area contributed by atoms with Gasteiger partial charge in [0.1, 0.15) is 5.82 Å². The van der Waals surface area contributed by atoms with Crippen molar-refractivity contribution in [3.63, 3.8) is 0 Å². The molecule has 0 aromatic carbocycles. The molecule has 8 nitrogen and oxygen atoms in total. The van der Waals surface area contributed by atoms with Gasteiger partial charge >= 0.3 is 5.97 Å². The quantitative estimate of drug-likeness (QED) is 0.690. The number of ether oxygens (including phenoxy) is 1. The number of likely N-dealkylation sites (N-methyl/N-ethyl adjacent to an activating group) is 1. The summed E-state index contributed by atoms with van der Waals surface area (Å²) in [5.74, 6) is -0.0653. The fourth-order valence-electron chi connectivity index (χ4n) is 3.24. The lowest BCUT2D eigenvalue weighted by Gasteiger charge is -2.34. The number of nitrogens with zero attached hydrogens (tertiary/aromatic N) is 4. The Labute approximate surface area is 160 Å². The van der Waals surface area contributed by atoms with Gasteiger partial charge in [0.15, 0.2) is 0 Å². The van der Waals surface area contributed by atoms with Gasteiger partial charge in [0, 0.05) is 38.9 Å². The maximum Gasteiger partial charge on any atom is 0.317 e. The molecular formula is C19H30N4O4. The number of aromatic nitrogens is 1. The lowest BCUT2D eigenvalue weighted by Crippen LogP contribution is -2.49. The summed E-state index contributed by atoms with van der Waals surface area (Å²) < 4.78 is 5.69. The first-order chi connectivity index (χ1) is 12.9. The van der Waals surface area contributed by atoms with Crippen LogP contribution < -0.4 is 4.90 Å². The molecule has 2 heterocycles. The van der Waals surface area contributed by atoms with Crippen molar-refractivity contribution in [2.45, 2.75) is 26.4 Å². The smallest absolute Gasteiger partial charge is 0.317 e. The molecule has 27 heavy (non-hydrogen) atoms. The van der Waals surface area contributed by atoms with Gasteiger partial charge in [0.2, 0.25) is 0 Å². The van der Waals surface area contributed by atoms with Gasteiger partial charge in [-0.15, -0.1) is 0 Å². The normalized spacial score (nSPS) is 17.2. The zero-order chi connectivity index (χ0) is 19.8. The molecule has 2 rings (SSSR count). The van der Waals surface area contributed by atoms with Gasteiger partial charge < -0.3 is 19.6 Å². The first-order valence-electron chi connectivity index (χ1n) is 9.46. The summed E-state index contributed by atoms with van der Waals surface area (Å²) in [7, 11) is 1.73. The van der Waals surface area contributed by atoms with Crippen molar-refractivity contribution >= 4 is 17.7 Å². The second-order valence-corrected chi connectivity index (χ2v) is 6.82. The number of carbonyl (C=O) groups is 2. The van der Waals surface area contributed by atoms with Gasteiger partial charge in [-0.2, -0.15) is 0 Å². The summed E-state index contributed by atoms with van der Waals surface area (Å²) in [6, 6.07) is 3.72. The fraction of sp³-hybridized carbons (Fsp3) is 0.632. The molecule has 0 aliphatic carbocycles. The third-order valence-electron chi connectivity index (χ3n) is 4.54. The Morgan fingerprint density at radius 2 is 2.15 bits per heavy atom.